The lowest BCUT2D eigenvalue weighted by molar-refractivity contribution is -0.121. The first-order chi connectivity index (χ1) is 9.69. The van der Waals surface area contributed by atoms with Gasteiger partial charge in [0.1, 0.15) is 0 Å². The molecule has 4 heteroatoms. The molecule has 0 spiro atoms. The Bertz CT molecular complexity index is 548. The van der Waals surface area contributed by atoms with Gasteiger partial charge < -0.3 is 5.32 Å². The number of aromatic nitrogens is 2. The lowest BCUT2D eigenvalue weighted by Gasteiger charge is -2.11. The van der Waals surface area contributed by atoms with Crippen molar-refractivity contribution in [2.24, 2.45) is 0 Å². The highest BCUT2D eigenvalue weighted by molar-refractivity contribution is 5.76. The first kappa shape index (κ1) is 14.3. The number of hydrogen-bond acceptors (Lipinski definition) is 2. The van der Waals surface area contributed by atoms with E-state index >= 15 is 0 Å². The van der Waals surface area contributed by atoms with Gasteiger partial charge in [-0.1, -0.05) is 30.3 Å². The van der Waals surface area contributed by atoms with E-state index in [0.29, 0.717) is 6.42 Å². The normalized spacial score (nSPS) is 12.1. The maximum absolute atomic E-state index is 11.9. The van der Waals surface area contributed by atoms with E-state index in [1.54, 1.807) is 0 Å². The summed E-state index contributed by atoms with van der Waals surface area (Å²) in [4.78, 5) is 11.9. The summed E-state index contributed by atoms with van der Waals surface area (Å²) in [5, 5.41) is 7.39. The molecule has 0 fully saturated rings. The Morgan fingerprint density at radius 3 is 2.70 bits per heavy atom. The van der Waals surface area contributed by atoms with Crippen LogP contribution in [0, 0.1) is 0 Å². The Hall–Kier alpha value is -2.10. The van der Waals surface area contributed by atoms with Gasteiger partial charge in [0.25, 0.3) is 0 Å². The molecule has 0 aliphatic rings. The molecule has 1 atom stereocenters. The fourth-order valence-corrected chi connectivity index (χ4v) is 2.07. The summed E-state index contributed by atoms with van der Waals surface area (Å²) in [6.45, 7) is 4.84. The monoisotopic (exact) mass is 271 g/mol. The summed E-state index contributed by atoms with van der Waals surface area (Å²) >= 11 is 0. The summed E-state index contributed by atoms with van der Waals surface area (Å²) in [5.41, 5.74) is 2.09. The van der Waals surface area contributed by atoms with Crippen molar-refractivity contribution >= 4 is 5.91 Å². The number of aryl methyl sites for hydroxylation is 2. The molecule has 0 bridgehead atoms. The molecule has 0 aliphatic heterocycles. The van der Waals surface area contributed by atoms with Crippen molar-refractivity contribution in [3.05, 3.63) is 53.9 Å². The topological polar surface area (TPSA) is 46.9 Å². The fraction of sp³-hybridized carbons (Fsp3) is 0.375. The predicted octanol–water partition coefficient (Wildman–Crippen LogP) is 2.71. The van der Waals surface area contributed by atoms with E-state index in [0.717, 1.165) is 18.7 Å². The van der Waals surface area contributed by atoms with Gasteiger partial charge in [-0.25, -0.2) is 0 Å². The van der Waals surface area contributed by atoms with Crippen LogP contribution >= 0.6 is 0 Å². The highest BCUT2D eigenvalue weighted by Crippen LogP contribution is 2.10. The number of nitrogens with zero attached hydrogens (tertiary/aromatic N) is 2. The molecule has 1 aromatic heterocycles. The molecule has 2 aromatic rings. The van der Waals surface area contributed by atoms with Gasteiger partial charge in [0.2, 0.25) is 5.91 Å². The number of nitrogens with one attached hydrogen (secondary N) is 1. The standard InChI is InChI=1S/C16H21N3O/c1-3-19-12-11-15(18-19)13(2)17-16(20)10-9-14-7-5-4-6-8-14/h4-8,11-13H,3,9-10H2,1-2H3,(H,17,20). The van der Waals surface area contributed by atoms with Crippen LogP contribution in [0.1, 0.15) is 37.6 Å². The minimum atomic E-state index is -0.0499. The smallest absolute Gasteiger partial charge is 0.220 e. The molecule has 0 saturated heterocycles. The number of rotatable bonds is 6. The van der Waals surface area contributed by atoms with Crippen molar-refractivity contribution in [1.82, 2.24) is 15.1 Å². The van der Waals surface area contributed by atoms with Gasteiger partial charge in [0.15, 0.2) is 0 Å². The summed E-state index contributed by atoms with van der Waals surface area (Å²) in [5.74, 6) is 0.0624. The molecule has 20 heavy (non-hydrogen) atoms. The van der Waals surface area contributed by atoms with E-state index in [-0.39, 0.29) is 11.9 Å². The van der Waals surface area contributed by atoms with E-state index < -0.39 is 0 Å². The van der Waals surface area contributed by atoms with Crippen molar-refractivity contribution in [2.45, 2.75) is 39.3 Å². The second-order valence-electron chi connectivity index (χ2n) is 4.87. The lowest BCUT2D eigenvalue weighted by Crippen LogP contribution is -2.27. The quantitative estimate of drug-likeness (QED) is 0.878. The van der Waals surface area contributed by atoms with Gasteiger partial charge in [-0.05, 0) is 31.9 Å². The average Bonchev–Trinajstić information content (AvgIpc) is 2.95. The number of amides is 1. The van der Waals surface area contributed by atoms with Gasteiger partial charge in [-0.2, -0.15) is 5.10 Å². The second-order valence-corrected chi connectivity index (χ2v) is 4.87. The number of benzene rings is 1. The largest absolute Gasteiger partial charge is 0.348 e. The zero-order valence-corrected chi connectivity index (χ0v) is 12.0. The highest BCUT2D eigenvalue weighted by Gasteiger charge is 2.11. The van der Waals surface area contributed by atoms with Gasteiger partial charge in [-0.15, -0.1) is 0 Å². The third-order valence-electron chi connectivity index (χ3n) is 3.29. The maximum atomic E-state index is 11.9. The van der Waals surface area contributed by atoms with Gasteiger partial charge in [-0.3, -0.25) is 9.48 Å². The van der Waals surface area contributed by atoms with Crippen molar-refractivity contribution in [1.29, 1.82) is 0 Å². The molecule has 1 amide bonds. The maximum Gasteiger partial charge on any atom is 0.220 e. The molecule has 106 valence electrons. The number of hydrogen-bond donors (Lipinski definition) is 1. The fourth-order valence-electron chi connectivity index (χ4n) is 2.07. The molecule has 0 saturated carbocycles. The summed E-state index contributed by atoms with van der Waals surface area (Å²) in [7, 11) is 0. The first-order valence-electron chi connectivity index (χ1n) is 7.05. The second kappa shape index (κ2) is 6.89. The van der Waals surface area contributed by atoms with Gasteiger partial charge in [0, 0.05) is 19.2 Å². The number of carbonyl (C=O) groups is 1. The van der Waals surface area contributed by atoms with Crippen LogP contribution in [-0.4, -0.2) is 15.7 Å². The predicted molar refractivity (Wildman–Crippen MR) is 79.2 cm³/mol. The minimum absolute atomic E-state index is 0.0499. The Labute approximate surface area is 119 Å². The van der Waals surface area contributed by atoms with Gasteiger partial charge in [0.05, 0.1) is 11.7 Å². The summed E-state index contributed by atoms with van der Waals surface area (Å²) in [6.07, 6.45) is 3.20. The zero-order chi connectivity index (χ0) is 14.4. The summed E-state index contributed by atoms with van der Waals surface area (Å²) < 4.78 is 1.86. The van der Waals surface area contributed by atoms with Crippen LogP contribution in [0.5, 0.6) is 0 Å². The van der Waals surface area contributed by atoms with Crippen molar-refractivity contribution in [3.63, 3.8) is 0 Å². The van der Waals surface area contributed by atoms with E-state index in [2.05, 4.69) is 10.4 Å². The Morgan fingerprint density at radius 1 is 1.30 bits per heavy atom. The average molecular weight is 271 g/mol. The Balaban J connectivity index is 1.82. The van der Waals surface area contributed by atoms with Crippen LogP contribution in [0.15, 0.2) is 42.6 Å². The first-order valence-corrected chi connectivity index (χ1v) is 7.05. The van der Waals surface area contributed by atoms with E-state index in [9.17, 15) is 4.79 Å². The SMILES string of the molecule is CCn1ccc(C(C)NC(=O)CCc2ccccc2)n1. The molecule has 1 N–H and O–H groups in total. The van der Waals surface area contributed by atoms with Crippen LogP contribution in [0.2, 0.25) is 0 Å². The molecular weight excluding hydrogens is 250 g/mol. The molecule has 1 heterocycles. The van der Waals surface area contributed by atoms with Crippen LogP contribution in [0.4, 0.5) is 0 Å². The van der Waals surface area contributed by atoms with E-state index in [1.807, 2.05) is 61.1 Å². The summed E-state index contributed by atoms with van der Waals surface area (Å²) in [6, 6.07) is 12.0. The minimum Gasteiger partial charge on any atom is -0.348 e. The van der Waals surface area contributed by atoms with Crippen LogP contribution in [0.3, 0.4) is 0 Å². The Morgan fingerprint density at radius 2 is 2.05 bits per heavy atom. The van der Waals surface area contributed by atoms with Crippen LogP contribution in [0.25, 0.3) is 0 Å². The van der Waals surface area contributed by atoms with Gasteiger partial charge >= 0.3 is 0 Å². The van der Waals surface area contributed by atoms with Crippen molar-refractivity contribution in [3.8, 4) is 0 Å². The third kappa shape index (κ3) is 3.95. The van der Waals surface area contributed by atoms with E-state index in [4.69, 9.17) is 0 Å². The van der Waals surface area contributed by atoms with Crippen molar-refractivity contribution in [2.75, 3.05) is 0 Å². The zero-order valence-electron chi connectivity index (χ0n) is 12.0. The molecule has 4 nitrogen and oxygen atoms in total. The number of carbonyl (C=O) groups excluding carboxylic acids is 1. The molecule has 0 aliphatic carbocycles. The molecule has 1 unspecified atom stereocenters. The van der Waals surface area contributed by atoms with Crippen LogP contribution < -0.4 is 5.32 Å². The molecule has 1 aromatic carbocycles. The Kier molecular flexibility index (Phi) is 4.93. The van der Waals surface area contributed by atoms with Crippen molar-refractivity contribution < 1.29 is 4.79 Å². The highest BCUT2D eigenvalue weighted by atomic mass is 16.1. The van der Waals surface area contributed by atoms with E-state index in [1.165, 1.54) is 5.56 Å². The van der Waals surface area contributed by atoms with Crippen LogP contribution in [-0.2, 0) is 17.8 Å². The molecule has 0 radical (unpaired) electrons. The molecule has 2 rings (SSSR count). The molecular formula is C16H21N3O. The lowest BCUT2D eigenvalue weighted by atomic mass is 10.1. The third-order valence-corrected chi connectivity index (χ3v) is 3.29.